The molecule has 1 aromatic carbocycles. The standard InChI is InChI=1S/C19H21N3O4S/c1-9(2)25-18(24)17-12(5)20-19(27-17)21-15(23)8-14-13-7-10(3)6-11(4)16(13)26-22-14/h6-7,9H,8H2,1-5H3,(H,20,21,23). The number of amides is 1. The van der Waals surface area contributed by atoms with E-state index in [1.165, 1.54) is 0 Å². The molecule has 3 rings (SSSR count). The van der Waals surface area contributed by atoms with Crippen molar-refractivity contribution in [3.05, 3.63) is 39.5 Å². The van der Waals surface area contributed by atoms with Gasteiger partial charge in [-0.1, -0.05) is 22.6 Å². The number of nitrogens with one attached hydrogen (secondary N) is 1. The summed E-state index contributed by atoms with van der Waals surface area (Å²) in [4.78, 5) is 29.1. The Morgan fingerprint density at radius 2 is 2.00 bits per heavy atom. The lowest BCUT2D eigenvalue weighted by Gasteiger charge is -2.05. The number of ether oxygens (including phenoxy) is 1. The summed E-state index contributed by atoms with van der Waals surface area (Å²) in [5.41, 5.74) is 3.84. The minimum absolute atomic E-state index is 0.0558. The molecule has 0 aliphatic heterocycles. The van der Waals surface area contributed by atoms with Crippen LogP contribution in [0.1, 0.15) is 46.0 Å². The van der Waals surface area contributed by atoms with E-state index in [1.54, 1.807) is 20.8 Å². The molecule has 0 aliphatic rings. The van der Waals surface area contributed by atoms with Gasteiger partial charge in [0, 0.05) is 5.39 Å². The summed E-state index contributed by atoms with van der Waals surface area (Å²) in [5, 5.41) is 7.95. The number of carbonyl (C=O) groups excluding carboxylic acids is 2. The summed E-state index contributed by atoms with van der Waals surface area (Å²) in [5.74, 6) is -0.712. The highest BCUT2D eigenvalue weighted by Crippen LogP contribution is 2.26. The van der Waals surface area contributed by atoms with E-state index in [1.807, 2.05) is 26.0 Å². The summed E-state index contributed by atoms with van der Waals surface area (Å²) in [6.45, 7) is 9.20. The first kappa shape index (κ1) is 19.0. The van der Waals surface area contributed by atoms with Gasteiger partial charge in [-0.3, -0.25) is 4.79 Å². The van der Waals surface area contributed by atoms with Crippen molar-refractivity contribution in [1.29, 1.82) is 0 Å². The molecule has 2 heterocycles. The van der Waals surface area contributed by atoms with E-state index in [0.29, 0.717) is 27.0 Å². The van der Waals surface area contributed by atoms with E-state index >= 15 is 0 Å². The SMILES string of the molecule is Cc1cc(C)c2onc(CC(=O)Nc3nc(C)c(C(=O)OC(C)C)s3)c2c1. The largest absolute Gasteiger partial charge is 0.459 e. The first-order chi connectivity index (χ1) is 12.7. The first-order valence-electron chi connectivity index (χ1n) is 8.58. The number of hydrogen-bond acceptors (Lipinski definition) is 7. The van der Waals surface area contributed by atoms with Crippen molar-refractivity contribution in [3.63, 3.8) is 0 Å². The third-order valence-corrected chi connectivity index (χ3v) is 4.93. The Bertz CT molecular complexity index is 1020. The normalized spacial score (nSPS) is 11.2. The summed E-state index contributed by atoms with van der Waals surface area (Å²) in [6, 6.07) is 3.96. The van der Waals surface area contributed by atoms with Gasteiger partial charge in [0.15, 0.2) is 10.7 Å². The molecule has 0 radical (unpaired) electrons. The molecular weight excluding hydrogens is 366 g/mol. The van der Waals surface area contributed by atoms with Gasteiger partial charge < -0.3 is 14.6 Å². The molecule has 1 amide bonds. The van der Waals surface area contributed by atoms with Gasteiger partial charge in [-0.05, 0) is 51.8 Å². The fourth-order valence-electron chi connectivity index (χ4n) is 2.79. The Labute approximate surface area is 160 Å². The van der Waals surface area contributed by atoms with Crippen LogP contribution in [0, 0.1) is 20.8 Å². The molecule has 2 aromatic heterocycles. The van der Waals surface area contributed by atoms with Crippen LogP contribution in [0.3, 0.4) is 0 Å². The summed E-state index contributed by atoms with van der Waals surface area (Å²) in [6.07, 6.45) is -0.162. The van der Waals surface area contributed by atoms with Crippen molar-refractivity contribution < 1.29 is 18.8 Å². The summed E-state index contributed by atoms with van der Waals surface area (Å²) in [7, 11) is 0. The van der Waals surface area contributed by atoms with Gasteiger partial charge in [0.1, 0.15) is 10.6 Å². The predicted octanol–water partition coefficient (Wildman–Crippen LogP) is 3.96. The number of benzene rings is 1. The predicted molar refractivity (Wildman–Crippen MR) is 103 cm³/mol. The summed E-state index contributed by atoms with van der Waals surface area (Å²) >= 11 is 1.10. The minimum atomic E-state index is -0.436. The number of nitrogens with zero attached hydrogens (tertiary/aromatic N) is 2. The quantitative estimate of drug-likeness (QED) is 0.666. The lowest BCUT2D eigenvalue weighted by Crippen LogP contribution is -2.14. The molecule has 0 atom stereocenters. The second kappa shape index (κ2) is 7.48. The molecule has 3 aromatic rings. The van der Waals surface area contributed by atoms with E-state index in [-0.39, 0.29) is 18.4 Å². The fraction of sp³-hybridized carbons (Fsp3) is 0.368. The van der Waals surface area contributed by atoms with Gasteiger partial charge in [0.05, 0.1) is 18.2 Å². The van der Waals surface area contributed by atoms with Crippen molar-refractivity contribution in [2.45, 2.75) is 47.1 Å². The average Bonchev–Trinajstić information content (AvgIpc) is 3.10. The number of aryl methyl sites for hydroxylation is 3. The van der Waals surface area contributed by atoms with Crippen molar-refractivity contribution in [3.8, 4) is 0 Å². The maximum atomic E-state index is 12.4. The van der Waals surface area contributed by atoms with Crippen LogP contribution in [0.2, 0.25) is 0 Å². The van der Waals surface area contributed by atoms with Crippen molar-refractivity contribution in [2.75, 3.05) is 5.32 Å². The third-order valence-electron chi connectivity index (χ3n) is 3.88. The third kappa shape index (κ3) is 4.16. The Hall–Kier alpha value is -2.74. The minimum Gasteiger partial charge on any atom is -0.459 e. The Kier molecular flexibility index (Phi) is 5.27. The fourth-order valence-corrected chi connectivity index (χ4v) is 3.66. The zero-order chi connectivity index (χ0) is 19.7. The number of aromatic nitrogens is 2. The van der Waals surface area contributed by atoms with Crippen molar-refractivity contribution >= 4 is 39.3 Å². The molecule has 1 N–H and O–H groups in total. The second-order valence-electron chi connectivity index (χ2n) is 6.70. The number of esters is 1. The molecule has 7 nitrogen and oxygen atoms in total. The molecule has 27 heavy (non-hydrogen) atoms. The average molecular weight is 387 g/mol. The number of thiazole rings is 1. The van der Waals surface area contributed by atoms with E-state index in [2.05, 4.69) is 15.5 Å². The van der Waals surface area contributed by atoms with E-state index in [9.17, 15) is 9.59 Å². The maximum absolute atomic E-state index is 12.4. The van der Waals surface area contributed by atoms with Crippen molar-refractivity contribution in [2.24, 2.45) is 0 Å². The molecule has 0 saturated carbocycles. The first-order valence-corrected chi connectivity index (χ1v) is 9.40. The number of hydrogen-bond donors (Lipinski definition) is 1. The molecule has 142 valence electrons. The molecule has 0 aliphatic carbocycles. The molecule has 0 saturated heterocycles. The smallest absolute Gasteiger partial charge is 0.350 e. The van der Waals surface area contributed by atoms with Gasteiger partial charge >= 0.3 is 5.97 Å². The highest BCUT2D eigenvalue weighted by molar-refractivity contribution is 7.17. The van der Waals surface area contributed by atoms with Crippen LogP contribution in [0.15, 0.2) is 16.7 Å². The summed E-state index contributed by atoms with van der Waals surface area (Å²) < 4.78 is 10.6. The lowest BCUT2D eigenvalue weighted by atomic mass is 10.1. The van der Waals surface area contributed by atoms with E-state index in [0.717, 1.165) is 27.8 Å². The zero-order valence-corrected chi connectivity index (χ0v) is 16.7. The molecule has 8 heteroatoms. The monoisotopic (exact) mass is 387 g/mol. The maximum Gasteiger partial charge on any atom is 0.350 e. The van der Waals surface area contributed by atoms with Crippen LogP contribution in [-0.4, -0.2) is 28.1 Å². The molecule has 0 bridgehead atoms. The number of rotatable bonds is 5. The molecule has 0 spiro atoms. The van der Waals surface area contributed by atoms with Gasteiger partial charge in [-0.15, -0.1) is 0 Å². The number of fused-ring (bicyclic) bond motifs is 1. The Morgan fingerprint density at radius 3 is 2.70 bits per heavy atom. The van der Waals surface area contributed by atoms with Crippen LogP contribution >= 0.6 is 11.3 Å². The number of anilines is 1. The second-order valence-corrected chi connectivity index (χ2v) is 7.70. The number of carbonyl (C=O) groups is 2. The zero-order valence-electron chi connectivity index (χ0n) is 15.9. The van der Waals surface area contributed by atoms with Gasteiger partial charge in [-0.25, -0.2) is 9.78 Å². The van der Waals surface area contributed by atoms with Crippen LogP contribution in [-0.2, 0) is 16.0 Å². The molecular formula is C19H21N3O4S. The van der Waals surface area contributed by atoms with E-state index in [4.69, 9.17) is 9.26 Å². The molecule has 0 fully saturated rings. The lowest BCUT2D eigenvalue weighted by molar-refractivity contribution is -0.115. The van der Waals surface area contributed by atoms with Gasteiger partial charge in [0.25, 0.3) is 0 Å². The van der Waals surface area contributed by atoms with E-state index < -0.39 is 5.97 Å². The highest BCUT2D eigenvalue weighted by Gasteiger charge is 2.20. The molecule has 0 unspecified atom stereocenters. The Morgan fingerprint density at radius 1 is 1.26 bits per heavy atom. The van der Waals surface area contributed by atoms with Crippen LogP contribution in [0.4, 0.5) is 5.13 Å². The highest BCUT2D eigenvalue weighted by atomic mass is 32.1. The van der Waals surface area contributed by atoms with Crippen LogP contribution in [0.25, 0.3) is 11.0 Å². The van der Waals surface area contributed by atoms with Gasteiger partial charge in [0.2, 0.25) is 5.91 Å². The Balaban J connectivity index is 1.74. The van der Waals surface area contributed by atoms with Crippen LogP contribution < -0.4 is 5.32 Å². The topological polar surface area (TPSA) is 94.3 Å². The van der Waals surface area contributed by atoms with Gasteiger partial charge in [-0.2, -0.15) is 0 Å². The van der Waals surface area contributed by atoms with Crippen molar-refractivity contribution in [1.82, 2.24) is 10.1 Å². The van der Waals surface area contributed by atoms with Crippen LogP contribution in [0.5, 0.6) is 0 Å².